The molecule has 0 fully saturated rings. The predicted octanol–water partition coefficient (Wildman–Crippen LogP) is 6.74. The van der Waals surface area contributed by atoms with Gasteiger partial charge in [0.25, 0.3) is 0 Å². The molecule has 2 N–H and O–H groups in total. The Balaban J connectivity index is 1.83. The summed E-state index contributed by atoms with van der Waals surface area (Å²) in [5.74, 6) is 1.52. The van der Waals surface area contributed by atoms with Gasteiger partial charge in [0.1, 0.15) is 11.5 Å². The second-order valence-electron chi connectivity index (χ2n) is 9.88. The van der Waals surface area contributed by atoms with E-state index in [0.717, 1.165) is 29.0 Å². The average molecular weight is 548 g/mol. The molecule has 0 aliphatic carbocycles. The van der Waals surface area contributed by atoms with Crippen molar-refractivity contribution >= 4 is 13.5 Å². The monoisotopic (exact) mass is 547 g/mol. The van der Waals surface area contributed by atoms with E-state index in [9.17, 15) is 19.1 Å². The maximum Gasteiger partial charge on any atom is 0.325 e. The minimum atomic E-state index is -4.10. The zero-order valence-electron chi connectivity index (χ0n) is 23.1. The van der Waals surface area contributed by atoms with E-state index in [4.69, 9.17) is 9.47 Å². The first-order valence-corrected chi connectivity index (χ1v) is 15.8. The molecule has 7 nitrogen and oxygen atoms in total. The third kappa shape index (κ3) is 14.0. The lowest BCUT2D eigenvalue weighted by molar-refractivity contribution is -0.131. The van der Waals surface area contributed by atoms with Gasteiger partial charge < -0.3 is 24.2 Å². The number of carbonyl (C=O) groups excluding carboxylic acids is 1. The van der Waals surface area contributed by atoms with Crippen LogP contribution in [0, 0.1) is 0 Å². The number of benzene rings is 2. The van der Waals surface area contributed by atoms with Crippen LogP contribution in [-0.2, 0) is 22.3 Å². The largest absolute Gasteiger partial charge is 0.497 e. The molecule has 0 spiro atoms. The molecule has 0 radical (unpaired) electrons. The second-order valence-corrected chi connectivity index (χ2v) is 11.7. The molecule has 0 aliphatic rings. The quantitative estimate of drug-likeness (QED) is 0.141. The van der Waals surface area contributed by atoms with Crippen LogP contribution < -0.4 is 9.47 Å². The fourth-order valence-corrected chi connectivity index (χ4v) is 4.89. The van der Waals surface area contributed by atoms with Crippen molar-refractivity contribution in [2.45, 2.75) is 84.1 Å². The van der Waals surface area contributed by atoms with E-state index >= 15 is 0 Å². The van der Waals surface area contributed by atoms with Crippen molar-refractivity contribution in [1.29, 1.82) is 0 Å². The Morgan fingerprint density at radius 2 is 1.55 bits per heavy atom. The molecule has 0 heterocycles. The van der Waals surface area contributed by atoms with Crippen LogP contribution in [0.1, 0.15) is 82.3 Å². The summed E-state index contributed by atoms with van der Waals surface area (Å²) >= 11 is 0. The van der Waals surface area contributed by atoms with Gasteiger partial charge in [0, 0.05) is 19.5 Å². The first-order valence-electron chi connectivity index (χ1n) is 14.0. The van der Waals surface area contributed by atoms with E-state index in [1.165, 1.54) is 44.9 Å². The molecule has 0 bridgehead atoms. The van der Waals surface area contributed by atoms with Gasteiger partial charge in [-0.15, -0.1) is 0 Å². The van der Waals surface area contributed by atoms with Gasteiger partial charge in [0.05, 0.1) is 19.9 Å². The first-order chi connectivity index (χ1) is 18.3. The number of methoxy groups -OCH3 is 1. The number of rotatable bonds is 20. The molecule has 0 aromatic heterocycles. The van der Waals surface area contributed by atoms with E-state index in [1.54, 1.807) is 12.0 Å². The number of hydrogen-bond donors (Lipinski definition) is 2. The fourth-order valence-electron chi connectivity index (χ4n) is 4.34. The fraction of sp³-hybridized carbons (Fsp3) is 0.567. The Morgan fingerprint density at radius 1 is 0.868 bits per heavy atom. The number of ether oxygens (including phenoxy) is 2. The topological polar surface area (TPSA) is 96.3 Å². The number of nitrogens with zero attached hydrogens (tertiary/aromatic N) is 1. The van der Waals surface area contributed by atoms with Gasteiger partial charge >= 0.3 is 7.60 Å². The second kappa shape index (κ2) is 18.0. The van der Waals surface area contributed by atoms with E-state index in [1.807, 2.05) is 48.5 Å². The van der Waals surface area contributed by atoms with E-state index < -0.39 is 7.60 Å². The van der Waals surface area contributed by atoms with Crippen LogP contribution in [-0.4, -0.2) is 47.0 Å². The Labute approximate surface area is 228 Å². The molecule has 8 heteroatoms. The van der Waals surface area contributed by atoms with Crippen molar-refractivity contribution in [2.75, 3.05) is 26.4 Å². The molecule has 212 valence electrons. The van der Waals surface area contributed by atoms with Crippen LogP contribution in [0.15, 0.2) is 48.5 Å². The average Bonchev–Trinajstić information content (AvgIpc) is 2.90. The summed E-state index contributed by atoms with van der Waals surface area (Å²) in [6.45, 7) is 3.61. The van der Waals surface area contributed by atoms with Crippen LogP contribution in [0.2, 0.25) is 0 Å². The highest BCUT2D eigenvalue weighted by Crippen LogP contribution is 2.35. The summed E-state index contributed by atoms with van der Waals surface area (Å²) in [7, 11) is -2.50. The van der Waals surface area contributed by atoms with Gasteiger partial charge in [-0.2, -0.15) is 0 Å². The van der Waals surface area contributed by atoms with E-state index in [2.05, 4.69) is 6.92 Å². The third-order valence-electron chi connectivity index (χ3n) is 6.56. The summed E-state index contributed by atoms with van der Waals surface area (Å²) in [5.41, 5.74) is 1.97. The van der Waals surface area contributed by atoms with E-state index in [0.29, 0.717) is 26.0 Å². The molecule has 2 aromatic carbocycles. The minimum absolute atomic E-state index is 0.0446. The van der Waals surface area contributed by atoms with Crippen molar-refractivity contribution in [3.8, 4) is 11.5 Å². The molecular formula is C30H46NO6P. The van der Waals surface area contributed by atoms with Gasteiger partial charge in [-0.05, 0) is 54.7 Å². The molecule has 2 aromatic rings. The number of aryl methyl sites for hydroxylation is 1. The molecular weight excluding hydrogens is 501 g/mol. The summed E-state index contributed by atoms with van der Waals surface area (Å²) in [6.07, 6.45) is 11.0. The number of hydrogen-bond acceptors (Lipinski definition) is 4. The standard InChI is InChI=1S/C30H46NO6P/c1-3-4-5-6-7-8-9-10-22-37-29-14-11-13-26(24-29)17-20-30(32)31(21-12-23-38(33,34)35)25-27-15-18-28(36-2)19-16-27/h11,13-16,18-19,24H,3-10,12,17,20-23,25H2,1-2H3,(H2,33,34,35). The summed E-state index contributed by atoms with van der Waals surface area (Å²) in [4.78, 5) is 33.2. The van der Waals surface area contributed by atoms with Crippen LogP contribution in [0.3, 0.4) is 0 Å². The van der Waals surface area contributed by atoms with Gasteiger partial charge in [-0.1, -0.05) is 76.1 Å². The maximum atomic E-state index is 13.1. The summed E-state index contributed by atoms with van der Waals surface area (Å²) in [5, 5.41) is 0. The number of unbranched alkanes of at least 4 members (excludes halogenated alkanes) is 7. The minimum Gasteiger partial charge on any atom is -0.497 e. The van der Waals surface area contributed by atoms with Crippen LogP contribution in [0.25, 0.3) is 0 Å². The lowest BCUT2D eigenvalue weighted by atomic mass is 10.1. The molecule has 0 saturated heterocycles. The highest BCUT2D eigenvalue weighted by molar-refractivity contribution is 7.51. The Bertz CT molecular complexity index is 975. The van der Waals surface area contributed by atoms with Crippen LogP contribution >= 0.6 is 7.60 Å². The highest BCUT2D eigenvalue weighted by atomic mass is 31.2. The number of amides is 1. The normalized spacial score (nSPS) is 11.4. The van der Waals surface area contributed by atoms with Gasteiger partial charge in [0.15, 0.2) is 0 Å². The molecule has 38 heavy (non-hydrogen) atoms. The molecule has 0 aliphatic heterocycles. The molecule has 0 atom stereocenters. The predicted molar refractivity (Wildman–Crippen MR) is 153 cm³/mol. The summed E-state index contributed by atoms with van der Waals surface area (Å²) in [6, 6.07) is 15.4. The van der Waals surface area contributed by atoms with Crippen molar-refractivity contribution in [1.82, 2.24) is 4.90 Å². The van der Waals surface area contributed by atoms with Crippen LogP contribution in [0.5, 0.6) is 11.5 Å². The van der Waals surface area contributed by atoms with Gasteiger partial charge in [0.2, 0.25) is 5.91 Å². The van der Waals surface area contributed by atoms with Crippen molar-refractivity contribution in [3.05, 3.63) is 59.7 Å². The third-order valence-corrected chi connectivity index (χ3v) is 7.45. The smallest absolute Gasteiger partial charge is 0.325 e. The van der Waals surface area contributed by atoms with Crippen molar-refractivity contribution in [3.63, 3.8) is 0 Å². The maximum absolute atomic E-state index is 13.1. The first kappa shape index (κ1) is 31.9. The highest BCUT2D eigenvalue weighted by Gasteiger charge is 2.18. The SMILES string of the molecule is CCCCCCCCCCOc1cccc(CCC(=O)N(CCCP(=O)(O)O)Cc2ccc(OC)cc2)c1. The zero-order valence-corrected chi connectivity index (χ0v) is 24.0. The van der Waals surface area contributed by atoms with Gasteiger partial charge in [-0.3, -0.25) is 9.36 Å². The molecule has 2 rings (SSSR count). The van der Waals surface area contributed by atoms with Crippen molar-refractivity contribution < 1.29 is 28.6 Å². The summed E-state index contributed by atoms with van der Waals surface area (Å²) < 4.78 is 22.4. The zero-order chi connectivity index (χ0) is 27.6. The van der Waals surface area contributed by atoms with E-state index in [-0.39, 0.29) is 25.0 Å². The van der Waals surface area contributed by atoms with Gasteiger partial charge in [-0.25, -0.2) is 0 Å². The lowest BCUT2D eigenvalue weighted by Crippen LogP contribution is -2.32. The molecule has 0 unspecified atom stereocenters. The Morgan fingerprint density at radius 3 is 2.21 bits per heavy atom. The Kier molecular flexibility index (Phi) is 15.1. The van der Waals surface area contributed by atoms with Crippen molar-refractivity contribution in [2.24, 2.45) is 0 Å². The Hall–Kier alpha value is -2.34. The lowest BCUT2D eigenvalue weighted by Gasteiger charge is -2.23. The van der Waals surface area contributed by atoms with Crippen LogP contribution in [0.4, 0.5) is 0 Å². The molecule has 1 amide bonds. The number of carbonyl (C=O) groups is 1. The molecule has 0 saturated carbocycles.